The van der Waals surface area contributed by atoms with E-state index < -0.39 is 23.2 Å². The van der Waals surface area contributed by atoms with Crippen molar-refractivity contribution in [2.24, 2.45) is 5.92 Å². The lowest BCUT2D eigenvalue weighted by Gasteiger charge is -2.28. The van der Waals surface area contributed by atoms with Gasteiger partial charge in [0.2, 0.25) is 0 Å². The van der Waals surface area contributed by atoms with Gasteiger partial charge in [-0.05, 0) is 47.6 Å². The second-order valence-corrected chi connectivity index (χ2v) is 9.66. The summed E-state index contributed by atoms with van der Waals surface area (Å²) in [6.45, 7) is 0.161. The highest BCUT2D eigenvalue weighted by molar-refractivity contribution is 5.90. The van der Waals surface area contributed by atoms with Gasteiger partial charge in [0.05, 0.1) is 17.6 Å². The van der Waals surface area contributed by atoms with Gasteiger partial charge in [-0.2, -0.15) is 0 Å². The Kier molecular flexibility index (Phi) is 8.16. The van der Waals surface area contributed by atoms with E-state index in [1.165, 1.54) is 0 Å². The van der Waals surface area contributed by atoms with Gasteiger partial charge >= 0.3 is 11.9 Å². The first kappa shape index (κ1) is 26.4. The molecule has 39 heavy (non-hydrogen) atoms. The van der Waals surface area contributed by atoms with Crippen LogP contribution in [0.5, 0.6) is 5.75 Å². The number of fused-ring (bicyclic) bond motifs is 1. The molecule has 5 nitrogen and oxygen atoms in total. The highest BCUT2D eigenvalue weighted by Gasteiger charge is 2.29. The van der Waals surface area contributed by atoms with Crippen molar-refractivity contribution in [3.05, 3.63) is 113 Å². The second-order valence-electron chi connectivity index (χ2n) is 9.66. The number of carbonyl (C=O) groups excluding carboxylic acids is 2. The molecule has 0 heterocycles. The van der Waals surface area contributed by atoms with Crippen LogP contribution in [0.4, 0.5) is 8.78 Å². The van der Waals surface area contributed by atoms with Crippen molar-refractivity contribution in [2.45, 2.75) is 45.0 Å². The van der Waals surface area contributed by atoms with Crippen LogP contribution in [0.3, 0.4) is 0 Å². The summed E-state index contributed by atoms with van der Waals surface area (Å²) >= 11 is 0. The van der Waals surface area contributed by atoms with Crippen LogP contribution >= 0.6 is 0 Å². The molecule has 1 fully saturated rings. The van der Waals surface area contributed by atoms with Crippen LogP contribution in [0.2, 0.25) is 0 Å². The monoisotopic (exact) mass is 530 g/mol. The topological polar surface area (TPSA) is 61.8 Å². The molecule has 1 aliphatic carbocycles. The molecule has 0 aromatic heterocycles. The zero-order valence-corrected chi connectivity index (χ0v) is 21.3. The van der Waals surface area contributed by atoms with Crippen LogP contribution in [0.15, 0.2) is 84.9 Å². The highest BCUT2D eigenvalue weighted by atomic mass is 19.1. The fraction of sp³-hybridized carbons (Fsp3) is 0.250. The molecule has 1 saturated carbocycles. The number of rotatable bonds is 8. The molecule has 0 atom stereocenters. The lowest BCUT2D eigenvalue weighted by molar-refractivity contribution is -0.151. The van der Waals surface area contributed by atoms with E-state index in [2.05, 4.69) is 0 Å². The van der Waals surface area contributed by atoms with E-state index in [1.54, 1.807) is 24.3 Å². The first-order chi connectivity index (χ1) is 19.0. The van der Waals surface area contributed by atoms with Crippen LogP contribution < -0.4 is 4.74 Å². The summed E-state index contributed by atoms with van der Waals surface area (Å²) in [6.07, 6.45) is 1.67. The third-order valence-electron chi connectivity index (χ3n) is 7.01. The maximum Gasteiger partial charge on any atom is 0.341 e. The van der Waals surface area contributed by atoms with Gasteiger partial charge in [0.25, 0.3) is 0 Å². The van der Waals surface area contributed by atoms with Crippen molar-refractivity contribution in [3.63, 3.8) is 0 Å². The van der Waals surface area contributed by atoms with Crippen molar-refractivity contribution in [1.29, 1.82) is 0 Å². The molecule has 200 valence electrons. The van der Waals surface area contributed by atoms with E-state index in [1.807, 2.05) is 48.5 Å². The molecule has 4 aromatic rings. The molecule has 0 unspecified atom stereocenters. The number of benzene rings is 4. The van der Waals surface area contributed by atoms with Crippen LogP contribution in [0, 0.1) is 17.6 Å². The normalized spacial score (nSPS) is 17.0. The first-order valence-electron chi connectivity index (χ1n) is 13.0. The number of hydrogen-bond acceptors (Lipinski definition) is 5. The molecule has 0 radical (unpaired) electrons. The summed E-state index contributed by atoms with van der Waals surface area (Å²) < 4.78 is 45.5. The molecule has 0 bridgehead atoms. The van der Waals surface area contributed by atoms with Crippen molar-refractivity contribution in [1.82, 2.24) is 0 Å². The quantitative estimate of drug-likeness (QED) is 0.226. The van der Waals surface area contributed by atoms with Crippen LogP contribution in [-0.2, 0) is 27.5 Å². The Bertz CT molecular complexity index is 1460. The predicted octanol–water partition coefficient (Wildman–Crippen LogP) is 7.16. The van der Waals surface area contributed by atoms with E-state index in [4.69, 9.17) is 14.2 Å². The number of esters is 2. The summed E-state index contributed by atoms with van der Waals surface area (Å²) in [5.74, 6) is -3.58. The van der Waals surface area contributed by atoms with Crippen LogP contribution in [0.25, 0.3) is 10.8 Å². The fourth-order valence-electron chi connectivity index (χ4n) is 4.86. The van der Waals surface area contributed by atoms with Gasteiger partial charge in [-0.15, -0.1) is 0 Å². The van der Waals surface area contributed by atoms with Gasteiger partial charge in [-0.3, -0.25) is 4.79 Å². The summed E-state index contributed by atoms with van der Waals surface area (Å²) in [5, 5.41) is 2.14. The number of carbonyl (C=O) groups is 2. The van der Waals surface area contributed by atoms with E-state index in [0.29, 0.717) is 31.7 Å². The fourth-order valence-corrected chi connectivity index (χ4v) is 4.86. The predicted molar refractivity (Wildman–Crippen MR) is 142 cm³/mol. The van der Waals surface area contributed by atoms with E-state index in [0.717, 1.165) is 28.0 Å². The Morgan fingerprint density at radius 1 is 0.744 bits per heavy atom. The molecule has 5 rings (SSSR count). The minimum Gasteiger partial charge on any atom is -0.487 e. The van der Waals surface area contributed by atoms with Gasteiger partial charge < -0.3 is 14.2 Å². The molecule has 0 amide bonds. The van der Waals surface area contributed by atoms with Crippen LogP contribution in [0.1, 0.15) is 47.2 Å². The van der Waals surface area contributed by atoms with Crippen molar-refractivity contribution in [3.8, 4) is 5.75 Å². The minimum atomic E-state index is -1.02. The highest BCUT2D eigenvalue weighted by Crippen LogP contribution is 2.31. The van der Waals surface area contributed by atoms with Gasteiger partial charge in [-0.25, -0.2) is 13.6 Å². The maximum absolute atomic E-state index is 14.5. The average molecular weight is 531 g/mol. The molecule has 0 aliphatic heterocycles. The third kappa shape index (κ3) is 6.42. The van der Waals surface area contributed by atoms with E-state index in [-0.39, 0.29) is 37.0 Å². The zero-order valence-electron chi connectivity index (χ0n) is 21.3. The number of ether oxygens (including phenoxy) is 3. The zero-order chi connectivity index (χ0) is 27.2. The summed E-state index contributed by atoms with van der Waals surface area (Å²) in [4.78, 5) is 25.2. The smallest absolute Gasteiger partial charge is 0.341 e. The van der Waals surface area contributed by atoms with Gasteiger partial charge in [-0.1, -0.05) is 72.8 Å². The van der Waals surface area contributed by atoms with Crippen molar-refractivity contribution < 1.29 is 32.6 Å². The lowest BCUT2D eigenvalue weighted by atomic mass is 9.87. The number of halogens is 2. The Morgan fingerprint density at radius 2 is 1.46 bits per heavy atom. The Hall–Kier alpha value is -4.26. The Morgan fingerprint density at radius 3 is 2.26 bits per heavy atom. The molecule has 0 saturated heterocycles. The minimum absolute atomic E-state index is 0.0344. The average Bonchev–Trinajstić information content (AvgIpc) is 2.97. The molecule has 0 spiro atoms. The Labute approximate surface area is 225 Å². The van der Waals surface area contributed by atoms with Crippen molar-refractivity contribution >= 4 is 22.7 Å². The standard InChI is InChI=1S/C32H28F2O5/c33-28-18-29(34)30(17-27(28)32(36)37-19-21-7-2-1-3-8-21)39-25-15-13-23(14-16-25)31(35)38-20-24-11-6-10-22-9-4-5-12-26(22)24/h1-12,17-18,23,25H,13-16,19-20H2/t23-,25+. The largest absolute Gasteiger partial charge is 0.487 e. The summed E-state index contributed by atoms with van der Waals surface area (Å²) in [7, 11) is 0. The molecule has 1 aliphatic rings. The molecule has 4 aromatic carbocycles. The van der Waals surface area contributed by atoms with Gasteiger partial charge in [0.1, 0.15) is 19.0 Å². The molecule has 7 heteroatoms. The second kappa shape index (κ2) is 12.1. The summed E-state index contributed by atoms with van der Waals surface area (Å²) in [6, 6.07) is 24.5. The molecular weight excluding hydrogens is 502 g/mol. The lowest BCUT2D eigenvalue weighted by Crippen LogP contribution is -2.29. The van der Waals surface area contributed by atoms with Crippen molar-refractivity contribution in [2.75, 3.05) is 0 Å². The number of hydrogen-bond donors (Lipinski definition) is 0. The van der Waals surface area contributed by atoms with E-state index >= 15 is 0 Å². The Balaban J connectivity index is 1.14. The molecule has 0 N–H and O–H groups in total. The summed E-state index contributed by atoms with van der Waals surface area (Å²) in [5.41, 5.74) is 1.30. The van der Waals surface area contributed by atoms with Gasteiger partial charge in [0.15, 0.2) is 11.6 Å². The first-order valence-corrected chi connectivity index (χ1v) is 13.0. The SMILES string of the molecule is O=C(OCc1ccccc1)c1cc(O[C@H]2CC[C@@H](C(=O)OCc3cccc4ccccc34)CC2)c(F)cc1F. The van der Waals surface area contributed by atoms with Crippen LogP contribution in [-0.4, -0.2) is 18.0 Å². The van der Waals surface area contributed by atoms with E-state index in [9.17, 15) is 18.4 Å². The maximum atomic E-state index is 14.5. The molecular formula is C32H28F2O5. The third-order valence-corrected chi connectivity index (χ3v) is 7.01. The van der Waals surface area contributed by atoms with Gasteiger partial charge in [0, 0.05) is 12.1 Å².